The molecule has 88 valence electrons. The number of carbonyl (C=O) groups is 1. The molecule has 0 aliphatic heterocycles. The predicted octanol–water partition coefficient (Wildman–Crippen LogP) is 3.71. The minimum atomic E-state index is -0.264. The standard InChI is InChI=1S/C13H24O2/c1-5-7-8-12(6-2)10-9-11(3)13(14)15-4/h12H,3,5-10H2,1-2,4H3. The summed E-state index contributed by atoms with van der Waals surface area (Å²) < 4.78 is 4.62. The maximum Gasteiger partial charge on any atom is 0.333 e. The van der Waals surface area contributed by atoms with Gasteiger partial charge >= 0.3 is 5.97 Å². The Morgan fingerprint density at radius 2 is 2.00 bits per heavy atom. The van der Waals surface area contributed by atoms with E-state index in [2.05, 4.69) is 25.2 Å². The lowest BCUT2D eigenvalue weighted by Crippen LogP contribution is -2.06. The fourth-order valence-corrected chi connectivity index (χ4v) is 1.67. The fourth-order valence-electron chi connectivity index (χ4n) is 1.67. The molecule has 0 N–H and O–H groups in total. The number of hydrogen-bond donors (Lipinski definition) is 0. The quantitative estimate of drug-likeness (QED) is 0.453. The molecule has 0 rings (SSSR count). The van der Waals surface area contributed by atoms with E-state index in [1.54, 1.807) is 0 Å². The summed E-state index contributed by atoms with van der Waals surface area (Å²) in [5.74, 6) is 0.465. The first-order valence-electron chi connectivity index (χ1n) is 5.91. The maximum atomic E-state index is 11.1. The number of carbonyl (C=O) groups excluding carboxylic acids is 1. The highest BCUT2D eigenvalue weighted by atomic mass is 16.5. The minimum absolute atomic E-state index is 0.264. The van der Waals surface area contributed by atoms with Crippen LogP contribution in [0.25, 0.3) is 0 Å². The highest BCUT2D eigenvalue weighted by Gasteiger charge is 2.10. The Kier molecular flexibility index (Phi) is 8.06. The Balaban J connectivity index is 3.79. The second-order valence-electron chi connectivity index (χ2n) is 4.05. The number of methoxy groups -OCH3 is 1. The topological polar surface area (TPSA) is 26.3 Å². The number of esters is 1. The average molecular weight is 212 g/mol. The van der Waals surface area contributed by atoms with Crippen LogP contribution < -0.4 is 0 Å². The summed E-state index contributed by atoms with van der Waals surface area (Å²) in [6.07, 6.45) is 6.81. The van der Waals surface area contributed by atoms with Gasteiger partial charge in [-0.05, 0) is 18.8 Å². The first-order valence-corrected chi connectivity index (χ1v) is 5.91. The second kappa shape index (κ2) is 8.51. The zero-order valence-corrected chi connectivity index (χ0v) is 10.3. The van der Waals surface area contributed by atoms with Crippen molar-refractivity contribution in [3.8, 4) is 0 Å². The molecule has 0 fully saturated rings. The van der Waals surface area contributed by atoms with Gasteiger partial charge in [0.2, 0.25) is 0 Å². The molecule has 0 aromatic carbocycles. The lowest BCUT2D eigenvalue weighted by molar-refractivity contribution is -0.136. The summed E-state index contributed by atoms with van der Waals surface area (Å²) in [6, 6.07) is 0. The van der Waals surface area contributed by atoms with Crippen molar-refractivity contribution in [2.75, 3.05) is 7.11 Å². The summed E-state index contributed by atoms with van der Waals surface area (Å²) in [5.41, 5.74) is 0.604. The van der Waals surface area contributed by atoms with Crippen molar-refractivity contribution in [1.29, 1.82) is 0 Å². The third-order valence-electron chi connectivity index (χ3n) is 2.87. The Labute approximate surface area is 93.7 Å². The first kappa shape index (κ1) is 14.2. The van der Waals surface area contributed by atoms with E-state index in [1.807, 2.05) is 0 Å². The number of unbranched alkanes of at least 4 members (excludes halogenated alkanes) is 1. The number of hydrogen-bond acceptors (Lipinski definition) is 2. The van der Waals surface area contributed by atoms with E-state index in [1.165, 1.54) is 32.8 Å². The Morgan fingerprint density at radius 1 is 1.33 bits per heavy atom. The van der Waals surface area contributed by atoms with Gasteiger partial charge in [-0.15, -0.1) is 0 Å². The van der Waals surface area contributed by atoms with E-state index in [4.69, 9.17) is 0 Å². The molecule has 0 aromatic heterocycles. The predicted molar refractivity (Wildman–Crippen MR) is 63.7 cm³/mol. The smallest absolute Gasteiger partial charge is 0.333 e. The van der Waals surface area contributed by atoms with Crippen LogP contribution in [0.5, 0.6) is 0 Å². The summed E-state index contributed by atoms with van der Waals surface area (Å²) in [5, 5.41) is 0. The maximum absolute atomic E-state index is 11.1. The van der Waals surface area contributed by atoms with Crippen LogP contribution >= 0.6 is 0 Å². The molecule has 2 nitrogen and oxygen atoms in total. The highest BCUT2D eigenvalue weighted by Crippen LogP contribution is 2.20. The second-order valence-corrected chi connectivity index (χ2v) is 4.05. The molecule has 0 aromatic rings. The molecule has 15 heavy (non-hydrogen) atoms. The Bertz CT molecular complexity index is 197. The monoisotopic (exact) mass is 212 g/mol. The zero-order valence-electron chi connectivity index (χ0n) is 10.3. The van der Waals surface area contributed by atoms with Gasteiger partial charge in [-0.3, -0.25) is 0 Å². The molecule has 0 saturated heterocycles. The van der Waals surface area contributed by atoms with Gasteiger partial charge in [-0.1, -0.05) is 46.1 Å². The summed E-state index contributed by atoms with van der Waals surface area (Å²) >= 11 is 0. The van der Waals surface area contributed by atoms with Crippen LogP contribution in [0.1, 0.15) is 52.4 Å². The van der Waals surface area contributed by atoms with E-state index < -0.39 is 0 Å². The molecule has 1 unspecified atom stereocenters. The van der Waals surface area contributed by atoms with Crippen molar-refractivity contribution in [2.24, 2.45) is 5.92 Å². The van der Waals surface area contributed by atoms with Gasteiger partial charge < -0.3 is 4.74 Å². The van der Waals surface area contributed by atoms with E-state index in [0.717, 1.165) is 18.8 Å². The molecule has 0 bridgehead atoms. The SMILES string of the molecule is C=C(CCC(CC)CCCC)C(=O)OC. The van der Waals surface area contributed by atoms with Crippen molar-refractivity contribution in [3.63, 3.8) is 0 Å². The van der Waals surface area contributed by atoms with Crippen LogP contribution in [0.15, 0.2) is 12.2 Å². The van der Waals surface area contributed by atoms with E-state index >= 15 is 0 Å². The van der Waals surface area contributed by atoms with E-state index in [0.29, 0.717) is 5.57 Å². The van der Waals surface area contributed by atoms with E-state index in [-0.39, 0.29) is 5.97 Å². The third-order valence-corrected chi connectivity index (χ3v) is 2.87. The van der Waals surface area contributed by atoms with Crippen LogP contribution in [0.4, 0.5) is 0 Å². The van der Waals surface area contributed by atoms with Gasteiger partial charge in [0.1, 0.15) is 0 Å². The molecular formula is C13H24O2. The Morgan fingerprint density at radius 3 is 2.47 bits per heavy atom. The average Bonchev–Trinajstić information content (AvgIpc) is 2.27. The number of ether oxygens (including phenoxy) is 1. The molecule has 0 aliphatic rings. The zero-order chi connectivity index (χ0) is 11.7. The van der Waals surface area contributed by atoms with Gasteiger partial charge in [0.25, 0.3) is 0 Å². The first-order chi connectivity index (χ1) is 7.15. The fraction of sp³-hybridized carbons (Fsp3) is 0.769. The van der Waals surface area contributed by atoms with Crippen molar-refractivity contribution < 1.29 is 9.53 Å². The molecular weight excluding hydrogens is 188 g/mol. The Hall–Kier alpha value is -0.790. The molecule has 0 amide bonds. The van der Waals surface area contributed by atoms with Crippen LogP contribution in [-0.2, 0) is 9.53 Å². The third kappa shape index (κ3) is 6.32. The van der Waals surface area contributed by atoms with Gasteiger partial charge in [-0.2, -0.15) is 0 Å². The van der Waals surface area contributed by atoms with Gasteiger partial charge in [-0.25, -0.2) is 4.79 Å². The van der Waals surface area contributed by atoms with Gasteiger partial charge in [0.15, 0.2) is 0 Å². The number of rotatable bonds is 8. The van der Waals surface area contributed by atoms with Crippen LogP contribution in [-0.4, -0.2) is 13.1 Å². The normalized spacial score (nSPS) is 12.2. The molecule has 0 saturated carbocycles. The van der Waals surface area contributed by atoms with Gasteiger partial charge in [0, 0.05) is 5.57 Å². The molecule has 1 atom stereocenters. The lowest BCUT2D eigenvalue weighted by atomic mass is 9.93. The molecule has 0 radical (unpaired) electrons. The van der Waals surface area contributed by atoms with Crippen LogP contribution in [0.2, 0.25) is 0 Å². The lowest BCUT2D eigenvalue weighted by Gasteiger charge is -2.14. The summed E-state index contributed by atoms with van der Waals surface area (Å²) in [7, 11) is 1.40. The van der Waals surface area contributed by atoms with Gasteiger partial charge in [0.05, 0.1) is 7.11 Å². The largest absolute Gasteiger partial charge is 0.466 e. The summed E-state index contributed by atoms with van der Waals surface area (Å²) in [4.78, 5) is 11.1. The van der Waals surface area contributed by atoms with Crippen molar-refractivity contribution >= 4 is 5.97 Å². The van der Waals surface area contributed by atoms with Crippen LogP contribution in [0.3, 0.4) is 0 Å². The van der Waals surface area contributed by atoms with E-state index in [9.17, 15) is 4.79 Å². The molecule has 2 heteroatoms. The van der Waals surface area contributed by atoms with Crippen LogP contribution in [0, 0.1) is 5.92 Å². The van der Waals surface area contributed by atoms with Crippen molar-refractivity contribution in [1.82, 2.24) is 0 Å². The molecule has 0 aliphatic carbocycles. The molecule has 0 heterocycles. The highest BCUT2D eigenvalue weighted by molar-refractivity contribution is 5.87. The minimum Gasteiger partial charge on any atom is -0.466 e. The molecule has 0 spiro atoms. The van der Waals surface area contributed by atoms with Crippen molar-refractivity contribution in [2.45, 2.75) is 52.4 Å². The van der Waals surface area contributed by atoms with Crippen molar-refractivity contribution in [3.05, 3.63) is 12.2 Å². The summed E-state index contributed by atoms with van der Waals surface area (Å²) in [6.45, 7) is 8.16.